The zero-order valence-corrected chi connectivity index (χ0v) is 11.8. The number of carbonyl (C=O) groups is 1. The molecular formula is C15H9ClFNOS. The molecule has 0 aliphatic rings. The van der Waals surface area contributed by atoms with Crippen molar-refractivity contribution in [3.8, 4) is 0 Å². The minimum Gasteiger partial charge on any atom is -0.291 e. The Kier molecular flexibility index (Phi) is 3.51. The monoisotopic (exact) mass is 305 g/mol. The lowest BCUT2D eigenvalue weighted by atomic mass is 10.1. The summed E-state index contributed by atoms with van der Waals surface area (Å²) in [5.41, 5.74) is 1.08. The summed E-state index contributed by atoms with van der Waals surface area (Å²) in [5.74, 6) is -0.740. The number of benzene rings is 2. The quantitative estimate of drug-likeness (QED) is 0.666. The van der Waals surface area contributed by atoms with Crippen LogP contribution in [-0.2, 0) is 6.42 Å². The van der Waals surface area contributed by atoms with Crippen LogP contribution >= 0.6 is 22.9 Å². The van der Waals surface area contributed by atoms with Crippen molar-refractivity contribution < 1.29 is 9.18 Å². The van der Waals surface area contributed by atoms with Crippen LogP contribution in [0.4, 0.5) is 4.39 Å². The molecule has 0 amide bonds. The molecule has 0 unspecified atom stereocenters. The number of thiazole rings is 1. The first-order valence-corrected chi connectivity index (χ1v) is 7.16. The minimum absolute atomic E-state index is 0.0274. The standard InChI is InChI=1S/C15H9ClFNOS/c16-10-5-3-4-9(14(10)17)8-12(19)15-18-11-6-1-2-7-13(11)20-15/h1-7H,8H2. The Morgan fingerprint density at radius 3 is 2.80 bits per heavy atom. The van der Waals surface area contributed by atoms with Gasteiger partial charge >= 0.3 is 0 Å². The van der Waals surface area contributed by atoms with Crippen LogP contribution in [0.15, 0.2) is 42.5 Å². The number of Topliss-reactive ketones (excluding diaryl/α,β-unsaturated/α-hetero) is 1. The topological polar surface area (TPSA) is 30.0 Å². The third-order valence-corrected chi connectivity index (χ3v) is 4.28. The van der Waals surface area contributed by atoms with Gasteiger partial charge in [0.15, 0.2) is 10.8 Å². The number of ketones is 1. The van der Waals surface area contributed by atoms with Crippen molar-refractivity contribution in [1.82, 2.24) is 4.98 Å². The molecule has 0 spiro atoms. The van der Waals surface area contributed by atoms with E-state index in [1.807, 2.05) is 24.3 Å². The van der Waals surface area contributed by atoms with Crippen molar-refractivity contribution in [2.75, 3.05) is 0 Å². The molecule has 5 heteroatoms. The Hall–Kier alpha value is -1.78. The van der Waals surface area contributed by atoms with Gasteiger partial charge in [0.05, 0.1) is 15.2 Å². The molecule has 1 heterocycles. The van der Waals surface area contributed by atoms with E-state index in [-0.39, 0.29) is 17.2 Å². The fraction of sp³-hybridized carbons (Fsp3) is 0.0667. The van der Waals surface area contributed by atoms with Crippen molar-refractivity contribution in [3.05, 3.63) is 63.9 Å². The van der Waals surface area contributed by atoms with Crippen LogP contribution in [0.25, 0.3) is 10.2 Å². The average molecular weight is 306 g/mol. The lowest BCUT2D eigenvalue weighted by Crippen LogP contribution is -2.04. The third kappa shape index (κ3) is 2.44. The second-order valence-corrected chi connectivity index (χ2v) is 5.74. The molecule has 20 heavy (non-hydrogen) atoms. The number of nitrogens with zero attached hydrogens (tertiary/aromatic N) is 1. The molecule has 0 saturated carbocycles. The second kappa shape index (κ2) is 5.31. The Bertz CT molecular complexity index is 766. The highest BCUT2D eigenvalue weighted by atomic mass is 35.5. The first-order chi connectivity index (χ1) is 9.65. The number of para-hydroxylation sites is 1. The zero-order chi connectivity index (χ0) is 14.1. The summed E-state index contributed by atoms with van der Waals surface area (Å²) in [6, 6.07) is 12.2. The number of hydrogen-bond donors (Lipinski definition) is 0. The lowest BCUT2D eigenvalue weighted by Gasteiger charge is -2.02. The Balaban J connectivity index is 1.91. The maximum atomic E-state index is 13.8. The summed E-state index contributed by atoms with van der Waals surface area (Å²) in [7, 11) is 0. The summed E-state index contributed by atoms with van der Waals surface area (Å²) >= 11 is 7.03. The van der Waals surface area contributed by atoms with E-state index in [0.29, 0.717) is 10.6 Å². The number of aromatic nitrogens is 1. The van der Waals surface area contributed by atoms with Crippen molar-refractivity contribution in [1.29, 1.82) is 0 Å². The highest BCUT2D eigenvalue weighted by Gasteiger charge is 2.16. The van der Waals surface area contributed by atoms with Crippen LogP contribution < -0.4 is 0 Å². The molecule has 0 bridgehead atoms. The van der Waals surface area contributed by atoms with Gasteiger partial charge < -0.3 is 0 Å². The maximum absolute atomic E-state index is 13.8. The van der Waals surface area contributed by atoms with Gasteiger partial charge in [-0.3, -0.25) is 4.79 Å². The van der Waals surface area contributed by atoms with Crippen LogP contribution in [0.3, 0.4) is 0 Å². The average Bonchev–Trinajstić information content (AvgIpc) is 2.88. The van der Waals surface area contributed by atoms with E-state index < -0.39 is 5.82 Å². The third-order valence-electron chi connectivity index (χ3n) is 2.92. The summed E-state index contributed by atoms with van der Waals surface area (Å²) in [6.07, 6.45) is -0.0355. The van der Waals surface area contributed by atoms with E-state index in [1.54, 1.807) is 12.1 Å². The molecular weight excluding hydrogens is 297 g/mol. The fourth-order valence-electron chi connectivity index (χ4n) is 1.93. The summed E-state index contributed by atoms with van der Waals surface area (Å²) in [5, 5.41) is 0.421. The second-order valence-electron chi connectivity index (χ2n) is 4.30. The van der Waals surface area contributed by atoms with Gasteiger partial charge in [0.25, 0.3) is 0 Å². The number of fused-ring (bicyclic) bond motifs is 1. The van der Waals surface area contributed by atoms with Gasteiger partial charge in [-0.2, -0.15) is 0 Å². The van der Waals surface area contributed by atoms with Gasteiger partial charge in [-0.1, -0.05) is 35.9 Å². The number of carbonyl (C=O) groups excluding carboxylic acids is 1. The summed E-state index contributed by atoms with van der Waals surface area (Å²) in [4.78, 5) is 16.5. The molecule has 2 aromatic carbocycles. The van der Waals surface area contributed by atoms with Gasteiger partial charge in [-0.15, -0.1) is 11.3 Å². The molecule has 2 nitrogen and oxygen atoms in total. The molecule has 0 atom stereocenters. The van der Waals surface area contributed by atoms with Crippen LogP contribution in [0.2, 0.25) is 5.02 Å². The summed E-state index contributed by atoms with van der Waals surface area (Å²) in [6.45, 7) is 0. The van der Waals surface area contributed by atoms with Crippen molar-refractivity contribution in [2.24, 2.45) is 0 Å². The SMILES string of the molecule is O=C(Cc1cccc(Cl)c1F)c1nc2ccccc2s1. The van der Waals surface area contributed by atoms with Crippen LogP contribution in [-0.4, -0.2) is 10.8 Å². The highest BCUT2D eigenvalue weighted by Crippen LogP contribution is 2.24. The van der Waals surface area contributed by atoms with Gasteiger partial charge in [0.2, 0.25) is 0 Å². The maximum Gasteiger partial charge on any atom is 0.195 e. The molecule has 0 aliphatic heterocycles. The van der Waals surface area contributed by atoms with E-state index >= 15 is 0 Å². The van der Waals surface area contributed by atoms with Crippen LogP contribution in [0, 0.1) is 5.82 Å². The van der Waals surface area contributed by atoms with Crippen molar-refractivity contribution in [3.63, 3.8) is 0 Å². The lowest BCUT2D eigenvalue weighted by molar-refractivity contribution is 0.0991. The minimum atomic E-state index is -0.538. The van der Waals surface area contributed by atoms with Crippen LogP contribution in [0.5, 0.6) is 0 Å². The molecule has 100 valence electrons. The molecule has 0 radical (unpaired) electrons. The Labute approximate surface area is 123 Å². The van der Waals surface area contributed by atoms with Crippen molar-refractivity contribution in [2.45, 2.75) is 6.42 Å². The van der Waals surface area contributed by atoms with Gasteiger partial charge in [0.1, 0.15) is 5.82 Å². The zero-order valence-electron chi connectivity index (χ0n) is 10.3. The largest absolute Gasteiger partial charge is 0.291 e. The number of halogens is 2. The molecule has 1 aromatic heterocycles. The molecule has 0 aliphatic carbocycles. The fourth-order valence-corrected chi connectivity index (χ4v) is 3.02. The Morgan fingerprint density at radius 1 is 1.20 bits per heavy atom. The van der Waals surface area contributed by atoms with Crippen LogP contribution in [0.1, 0.15) is 15.4 Å². The molecule has 3 rings (SSSR count). The van der Waals surface area contributed by atoms with E-state index in [9.17, 15) is 9.18 Å². The smallest absolute Gasteiger partial charge is 0.195 e. The molecule has 0 saturated heterocycles. The van der Waals surface area contributed by atoms with Gasteiger partial charge in [0, 0.05) is 6.42 Å². The van der Waals surface area contributed by atoms with E-state index in [2.05, 4.69) is 4.98 Å². The summed E-state index contributed by atoms with van der Waals surface area (Å²) < 4.78 is 14.7. The molecule has 0 N–H and O–H groups in total. The highest BCUT2D eigenvalue weighted by molar-refractivity contribution is 7.20. The van der Waals surface area contributed by atoms with E-state index in [1.165, 1.54) is 17.4 Å². The molecule has 0 fully saturated rings. The normalized spacial score (nSPS) is 10.9. The molecule has 3 aromatic rings. The first kappa shape index (κ1) is 13.2. The predicted octanol–water partition coefficient (Wildman–Crippen LogP) is 4.51. The Morgan fingerprint density at radius 2 is 2.00 bits per heavy atom. The van der Waals surface area contributed by atoms with Crippen molar-refractivity contribution >= 4 is 38.9 Å². The number of hydrogen-bond acceptors (Lipinski definition) is 3. The first-order valence-electron chi connectivity index (χ1n) is 5.97. The van der Waals surface area contributed by atoms with Gasteiger partial charge in [-0.25, -0.2) is 9.37 Å². The predicted molar refractivity (Wildman–Crippen MR) is 79.1 cm³/mol. The number of rotatable bonds is 3. The van der Waals surface area contributed by atoms with E-state index in [0.717, 1.165) is 10.2 Å². The van der Waals surface area contributed by atoms with Gasteiger partial charge in [-0.05, 0) is 23.8 Å². The van der Waals surface area contributed by atoms with E-state index in [4.69, 9.17) is 11.6 Å².